The van der Waals surface area contributed by atoms with Crippen LogP contribution >= 0.6 is 0 Å². The van der Waals surface area contributed by atoms with Crippen molar-refractivity contribution in [1.29, 1.82) is 0 Å². The Morgan fingerprint density at radius 2 is 2.10 bits per heavy atom. The molecule has 2 aromatic heterocycles. The van der Waals surface area contributed by atoms with Gasteiger partial charge < -0.3 is 19.8 Å². The van der Waals surface area contributed by atoms with Gasteiger partial charge in [0.2, 0.25) is 5.91 Å². The average molecular weight is 289 g/mol. The lowest BCUT2D eigenvalue weighted by Gasteiger charge is -2.18. The number of ether oxygens (including phenoxy) is 1. The van der Waals surface area contributed by atoms with Gasteiger partial charge in [0.25, 0.3) is 0 Å². The largest absolute Gasteiger partial charge is 0.495 e. The first kappa shape index (κ1) is 15.1. The summed E-state index contributed by atoms with van der Waals surface area (Å²) in [4.78, 5) is 25.4. The molecule has 1 atom stereocenters. The molecule has 2 N–H and O–H groups in total. The maximum Gasteiger partial charge on any atom is 0.239 e. The fourth-order valence-electron chi connectivity index (χ4n) is 2.17. The number of hydrogen-bond acceptors (Lipinski definition) is 4. The molecule has 0 radical (unpaired) electrons. The molecule has 0 aliphatic carbocycles. The average Bonchev–Trinajstić information content (AvgIpc) is 2.88. The van der Waals surface area contributed by atoms with E-state index in [0.29, 0.717) is 11.3 Å². The molecule has 21 heavy (non-hydrogen) atoms. The molecule has 2 heterocycles. The van der Waals surface area contributed by atoms with E-state index in [9.17, 15) is 9.59 Å². The van der Waals surface area contributed by atoms with E-state index < -0.39 is 6.04 Å². The molecule has 0 aliphatic heterocycles. The Morgan fingerprint density at radius 3 is 2.71 bits per heavy atom. The van der Waals surface area contributed by atoms with Crippen molar-refractivity contribution in [1.82, 2.24) is 9.30 Å². The molecule has 112 valence electrons. The van der Waals surface area contributed by atoms with Crippen LogP contribution in [0.2, 0.25) is 0 Å². The number of nitrogens with two attached hydrogens (primary N) is 1. The van der Waals surface area contributed by atoms with Crippen molar-refractivity contribution in [3.8, 4) is 5.75 Å². The van der Waals surface area contributed by atoms with Gasteiger partial charge in [0.05, 0.1) is 31.4 Å². The molecule has 0 fully saturated rings. The Labute approximate surface area is 123 Å². The summed E-state index contributed by atoms with van der Waals surface area (Å²) >= 11 is 0. The van der Waals surface area contributed by atoms with Gasteiger partial charge in [-0.2, -0.15) is 0 Å². The predicted molar refractivity (Wildman–Crippen MR) is 79.6 cm³/mol. The third-order valence-corrected chi connectivity index (χ3v) is 3.31. The van der Waals surface area contributed by atoms with Gasteiger partial charge in [0, 0.05) is 18.8 Å². The second-order valence-corrected chi connectivity index (χ2v) is 5.00. The standard InChI is InChI=1S/C15H19N3O3/c1-10(16)15(20)17(2)9-14(19)12-6-7-18-8-11(21-3)4-5-13(12)18/h4-8,10H,9,16H2,1-3H3/t10-/m0/s1. The molecule has 1 amide bonds. The Bertz CT molecular complexity index is 676. The summed E-state index contributed by atoms with van der Waals surface area (Å²) in [6.07, 6.45) is 3.58. The number of rotatable bonds is 5. The first-order valence-electron chi connectivity index (χ1n) is 6.62. The number of likely N-dealkylation sites (N-methyl/N-ethyl adjacent to an activating group) is 1. The van der Waals surface area contributed by atoms with E-state index in [1.165, 1.54) is 4.90 Å². The number of aromatic nitrogens is 1. The first-order chi connectivity index (χ1) is 9.93. The number of amides is 1. The summed E-state index contributed by atoms with van der Waals surface area (Å²) in [7, 11) is 3.16. The highest BCUT2D eigenvalue weighted by Gasteiger charge is 2.19. The van der Waals surface area contributed by atoms with Crippen LogP contribution in [-0.2, 0) is 4.79 Å². The van der Waals surface area contributed by atoms with Crippen molar-refractivity contribution >= 4 is 17.2 Å². The fourth-order valence-corrected chi connectivity index (χ4v) is 2.17. The van der Waals surface area contributed by atoms with E-state index in [1.54, 1.807) is 45.6 Å². The van der Waals surface area contributed by atoms with E-state index in [-0.39, 0.29) is 18.2 Å². The summed E-state index contributed by atoms with van der Waals surface area (Å²) in [6, 6.07) is 4.74. The maximum atomic E-state index is 12.3. The van der Waals surface area contributed by atoms with Crippen molar-refractivity contribution in [3.63, 3.8) is 0 Å². The Hall–Kier alpha value is -2.34. The number of ketones is 1. The van der Waals surface area contributed by atoms with E-state index in [2.05, 4.69) is 0 Å². The third kappa shape index (κ3) is 3.05. The van der Waals surface area contributed by atoms with Gasteiger partial charge in [-0.05, 0) is 25.1 Å². The molecule has 0 saturated heterocycles. The van der Waals surface area contributed by atoms with Crippen molar-refractivity contribution in [2.24, 2.45) is 5.73 Å². The third-order valence-electron chi connectivity index (χ3n) is 3.31. The zero-order valence-electron chi connectivity index (χ0n) is 12.4. The van der Waals surface area contributed by atoms with E-state index in [1.807, 2.05) is 10.5 Å². The summed E-state index contributed by atoms with van der Waals surface area (Å²) < 4.78 is 6.96. The number of pyridine rings is 1. The second-order valence-electron chi connectivity index (χ2n) is 5.00. The molecule has 2 aromatic rings. The highest BCUT2D eigenvalue weighted by Crippen LogP contribution is 2.18. The molecule has 0 unspecified atom stereocenters. The van der Waals surface area contributed by atoms with Crippen LogP contribution in [0.25, 0.3) is 5.52 Å². The zero-order chi connectivity index (χ0) is 15.6. The number of nitrogens with zero attached hydrogens (tertiary/aromatic N) is 2. The van der Waals surface area contributed by atoms with E-state index in [0.717, 1.165) is 5.52 Å². The molecule has 0 bridgehead atoms. The lowest BCUT2D eigenvalue weighted by Crippen LogP contribution is -2.42. The van der Waals surface area contributed by atoms with Gasteiger partial charge in [-0.1, -0.05) is 0 Å². The number of hydrogen-bond donors (Lipinski definition) is 1. The quantitative estimate of drug-likeness (QED) is 0.831. The molecule has 6 nitrogen and oxygen atoms in total. The zero-order valence-corrected chi connectivity index (χ0v) is 12.4. The second kappa shape index (κ2) is 5.97. The topological polar surface area (TPSA) is 77.0 Å². The van der Waals surface area contributed by atoms with Crippen molar-refractivity contribution in [2.75, 3.05) is 20.7 Å². The number of carbonyl (C=O) groups excluding carboxylic acids is 2. The Morgan fingerprint density at radius 1 is 1.38 bits per heavy atom. The van der Waals surface area contributed by atoms with Crippen LogP contribution in [0.3, 0.4) is 0 Å². The summed E-state index contributed by atoms with van der Waals surface area (Å²) in [5.74, 6) is 0.328. The van der Waals surface area contributed by atoms with Crippen LogP contribution in [0.5, 0.6) is 5.75 Å². The van der Waals surface area contributed by atoms with Gasteiger partial charge in [0.15, 0.2) is 5.78 Å². The van der Waals surface area contributed by atoms with Gasteiger partial charge in [-0.3, -0.25) is 9.59 Å². The summed E-state index contributed by atoms with van der Waals surface area (Å²) in [5.41, 5.74) is 6.88. The van der Waals surface area contributed by atoms with Crippen molar-refractivity contribution < 1.29 is 14.3 Å². The SMILES string of the molecule is COc1ccc2c(C(=O)CN(C)C(=O)[C@H](C)N)ccn2c1. The lowest BCUT2D eigenvalue weighted by atomic mass is 10.1. The highest BCUT2D eigenvalue weighted by molar-refractivity contribution is 6.05. The lowest BCUT2D eigenvalue weighted by molar-refractivity contribution is -0.130. The first-order valence-corrected chi connectivity index (χ1v) is 6.62. The van der Waals surface area contributed by atoms with E-state index in [4.69, 9.17) is 10.5 Å². The Balaban J connectivity index is 2.22. The predicted octanol–water partition coefficient (Wildman–Crippen LogP) is 0.936. The molecule has 0 saturated carbocycles. The van der Waals surface area contributed by atoms with Gasteiger partial charge in [0.1, 0.15) is 5.75 Å². The van der Waals surface area contributed by atoms with Gasteiger partial charge in [-0.15, -0.1) is 0 Å². The van der Waals surface area contributed by atoms with Crippen LogP contribution in [-0.4, -0.2) is 47.7 Å². The highest BCUT2D eigenvalue weighted by atomic mass is 16.5. The van der Waals surface area contributed by atoms with Gasteiger partial charge in [-0.25, -0.2) is 0 Å². The van der Waals surface area contributed by atoms with Crippen LogP contribution in [0.15, 0.2) is 30.6 Å². The van der Waals surface area contributed by atoms with Crippen LogP contribution in [0.1, 0.15) is 17.3 Å². The monoisotopic (exact) mass is 289 g/mol. The van der Waals surface area contributed by atoms with Crippen molar-refractivity contribution in [3.05, 3.63) is 36.2 Å². The molecule has 0 spiro atoms. The normalized spacial score (nSPS) is 12.2. The molecule has 0 aromatic carbocycles. The van der Waals surface area contributed by atoms with Crippen molar-refractivity contribution in [2.45, 2.75) is 13.0 Å². The molecular weight excluding hydrogens is 270 g/mol. The fraction of sp³-hybridized carbons (Fsp3) is 0.333. The minimum Gasteiger partial charge on any atom is -0.495 e. The molecular formula is C15H19N3O3. The number of Topliss-reactive ketones (excluding diaryl/α,β-unsaturated/α-hetero) is 1. The van der Waals surface area contributed by atoms with Gasteiger partial charge >= 0.3 is 0 Å². The molecule has 2 rings (SSSR count). The maximum absolute atomic E-state index is 12.3. The van der Waals surface area contributed by atoms with Crippen LogP contribution in [0, 0.1) is 0 Å². The van der Waals surface area contributed by atoms with Crippen LogP contribution in [0.4, 0.5) is 0 Å². The Kier molecular flexibility index (Phi) is 4.28. The summed E-state index contributed by atoms with van der Waals surface area (Å²) in [6.45, 7) is 1.61. The number of methoxy groups -OCH3 is 1. The summed E-state index contributed by atoms with van der Waals surface area (Å²) in [5, 5.41) is 0. The smallest absolute Gasteiger partial charge is 0.239 e. The molecule has 0 aliphatic rings. The number of carbonyl (C=O) groups is 2. The van der Waals surface area contributed by atoms with E-state index >= 15 is 0 Å². The van der Waals surface area contributed by atoms with Crippen LogP contribution < -0.4 is 10.5 Å². The molecule has 6 heteroatoms. The minimum atomic E-state index is -0.613. The minimum absolute atomic E-state index is 0.00603. The number of fused-ring (bicyclic) bond motifs is 1.